The van der Waals surface area contributed by atoms with Crippen LogP contribution >= 0.6 is 0 Å². The van der Waals surface area contributed by atoms with E-state index < -0.39 is 0 Å². The van der Waals surface area contributed by atoms with E-state index in [1.54, 1.807) is 0 Å². The van der Waals surface area contributed by atoms with E-state index in [-0.39, 0.29) is 0 Å². The third kappa shape index (κ3) is 1.90. The molecule has 1 nitrogen and oxygen atoms in total. The molecule has 0 atom stereocenters. The lowest BCUT2D eigenvalue weighted by molar-refractivity contribution is 1.01. The van der Waals surface area contributed by atoms with Crippen LogP contribution in [0, 0.1) is 0 Å². The Morgan fingerprint density at radius 3 is 3.09 bits per heavy atom. The lowest BCUT2D eigenvalue weighted by atomic mass is 10.1. The molecule has 1 aromatic heterocycles. The van der Waals surface area contributed by atoms with Gasteiger partial charge in [0.15, 0.2) is 0 Å². The highest BCUT2D eigenvalue weighted by atomic mass is 14.7. The van der Waals surface area contributed by atoms with E-state index in [0.717, 1.165) is 18.5 Å². The average Bonchev–Trinajstić information content (AvgIpc) is 2.06. The van der Waals surface area contributed by atoms with Gasteiger partial charge in [-0.05, 0) is 18.1 Å². The molecule has 0 bridgehead atoms. The quantitative estimate of drug-likeness (QED) is 0.598. The van der Waals surface area contributed by atoms with E-state index in [4.69, 9.17) is 0 Å². The van der Waals surface area contributed by atoms with Gasteiger partial charge in [-0.15, -0.1) is 6.58 Å². The molecule has 0 N–H and O–H groups in total. The standard InChI is InChI=1S/C10H13N/c1-3-6-10-9(4-2)7-5-8-11-10/h3,5,7-8H,1,4,6H2,2H3. The number of allylic oxidation sites excluding steroid dienone is 1. The van der Waals surface area contributed by atoms with Crippen LogP contribution in [0.1, 0.15) is 18.2 Å². The van der Waals surface area contributed by atoms with Gasteiger partial charge in [-0.25, -0.2) is 0 Å². The van der Waals surface area contributed by atoms with Gasteiger partial charge in [0.1, 0.15) is 0 Å². The zero-order valence-electron chi connectivity index (χ0n) is 6.88. The summed E-state index contributed by atoms with van der Waals surface area (Å²) in [6.07, 6.45) is 5.65. The Labute approximate surface area is 67.8 Å². The Bertz CT molecular complexity index is 240. The van der Waals surface area contributed by atoms with Gasteiger partial charge in [-0.1, -0.05) is 19.1 Å². The van der Waals surface area contributed by atoms with Crippen LogP contribution in [-0.2, 0) is 12.8 Å². The summed E-state index contributed by atoms with van der Waals surface area (Å²) in [5.41, 5.74) is 2.48. The fourth-order valence-corrected chi connectivity index (χ4v) is 1.11. The highest BCUT2D eigenvalue weighted by Crippen LogP contribution is 2.06. The first-order chi connectivity index (χ1) is 5.38. The molecule has 0 aromatic carbocycles. The van der Waals surface area contributed by atoms with Gasteiger partial charge in [0.05, 0.1) is 0 Å². The Morgan fingerprint density at radius 1 is 1.64 bits per heavy atom. The predicted molar refractivity (Wildman–Crippen MR) is 47.5 cm³/mol. The molecule has 1 aromatic rings. The first-order valence-electron chi connectivity index (χ1n) is 3.92. The van der Waals surface area contributed by atoms with Gasteiger partial charge < -0.3 is 0 Å². The maximum Gasteiger partial charge on any atom is 0.0472 e. The van der Waals surface area contributed by atoms with Gasteiger partial charge in [-0.3, -0.25) is 4.98 Å². The summed E-state index contributed by atoms with van der Waals surface area (Å²) in [7, 11) is 0. The number of aryl methyl sites for hydroxylation is 1. The monoisotopic (exact) mass is 147 g/mol. The normalized spacial score (nSPS) is 9.55. The first kappa shape index (κ1) is 7.99. The first-order valence-corrected chi connectivity index (χ1v) is 3.92. The third-order valence-electron chi connectivity index (χ3n) is 1.70. The van der Waals surface area contributed by atoms with Gasteiger partial charge in [0.25, 0.3) is 0 Å². The van der Waals surface area contributed by atoms with Crippen molar-refractivity contribution in [2.24, 2.45) is 0 Å². The molecular weight excluding hydrogens is 134 g/mol. The SMILES string of the molecule is C=CCc1ncccc1CC. The van der Waals surface area contributed by atoms with Crippen LogP contribution in [0.4, 0.5) is 0 Å². The second kappa shape index (κ2) is 3.91. The molecule has 0 radical (unpaired) electrons. The fraction of sp³-hybridized carbons (Fsp3) is 0.300. The molecule has 0 aliphatic heterocycles. The minimum Gasteiger partial charge on any atom is -0.261 e. The van der Waals surface area contributed by atoms with Crippen LogP contribution in [0.2, 0.25) is 0 Å². The van der Waals surface area contributed by atoms with Gasteiger partial charge in [-0.2, -0.15) is 0 Å². The third-order valence-corrected chi connectivity index (χ3v) is 1.70. The molecule has 0 aliphatic rings. The van der Waals surface area contributed by atoms with Crippen molar-refractivity contribution in [3.05, 3.63) is 42.2 Å². The van der Waals surface area contributed by atoms with E-state index in [1.165, 1.54) is 5.56 Å². The largest absolute Gasteiger partial charge is 0.261 e. The summed E-state index contributed by atoms with van der Waals surface area (Å²) < 4.78 is 0. The van der Waals surface area contributed by atoms with E-state index in [0.29, 0.717) is 0 Å². The molecule has 0 fully saturated rings. The summed E-state index contributed by atoms with van der Waals surface area (Å²) in [4.78, 5) is 4.27. The number of hydrogen-bond donors (Lipinski definition) is 0. The Kier molecular flexibility index (Phi) is 2.84. The number of rotatable bonds is 3. The highest BCUT2D eigenvalue weighted by molar-refractivity contribution is 5.21. The van der Waals surface area contributed by atoms with Crippen LogP contribution in [0.3, 0.4) is 0 Å². The number of pyridine rings is 1. The van der Waals surface area contributed by atoms with E-state index in [9.17, 15) is 0 Å². The minimum atomic E-state index is 0.879. The molecular formula is C10H13N. The van der Waals surface area contributed by atoms with E-state index in [2.05, 4.69) is 24.6 Å². The average molecular weight is 147 g/mol. The van der Waals surface area contributed by atoms with Crippen LogP contribution in [0.15, 0.2) is 31.0 Å². The van der Waals surface area contributed by atoms with Crippen molar-refractivity contribution in [3.8, 4) is 0 Å². The van der Waals surface area contributed by atoms with Crippen molar-refractivity contribution < 1.29 is 0 Å². The Balaban J connectivity index is 2.92. The van der Waals surface area contributed by atoms with Crippen molar-refractivity contribution in [1.29, 1.82) is 0 Å². The molecule has 0 amide bonds. The van der Waals surface area contributed by atoms with Crippen LogP contribution in [0.5, 0.6) is 0 Å². The molecule has 0 saturated heterocycles. The molecule has 1 heteroatoms. The summed E-state index contributed by atoms with van der Waals surface area (Å²) in [5, 5.41) is 0. The van der Waals surface area contributed by atoms with Crippen molar-refractivity contribution >= 4 is 0 Å². The Morgan fingerprint density at radius 2 is 2.45 bits per heavy atom. The lowest BCUT2D eigenvalue weighted by Crippen LogP contribution is -1.93. The van der Waals surface area contributed by atoms with Crippen molar-refractivity contribution in [2.75, 3.05) is 0 Å². The smallest absolute Gasteiger partial charge is 0.0472 e. The van der Waals surface area contributed by atoms with Gasteiger partial charge in [0, 0.05) is 18.3 Å². The van der Waals surface area contributed by atoms with Crippen LogP contribution < -0.4 is 0 Å². The molecule has 0 aliphatic carbocycles. The lowest BCUT2D eigenvalue weighted by Gasteiger charge is -2.01. The van der Waals surface area contributed by atoms with Gasteiger partial charge >= 0.3 is 0 Å². The van der Waals surface area contributed by atoms with Gasteiger partial charge in [0.2, 0.25) is 0 Å². The minimum absolute atomic E-state index is 0.879. The molecule has 1 heterocycles. The maximum absolute atomic E-state index is 4.27. The van der Waals surface area contributed by atoms with E-state index in [1.807, 2.05) is 18.3 Å². The summed E-state index contributed by atoms with van der Waals surface area (Å²) in [6, 6.07) is 4.09. The molecule has 0 unspecified atom stereocenters. The summed E-state index contributed by atoms with van der Waals surface area (Å²) >= 11 is 0. The number of hydrogen-bond acceptors (Lipinski definition) is 1. The maximum atomic E-state index is 4.27. The zero-order valence-corrected chi connectivity index (χ0v) is 6.88. The summed E-state index contributed by atoms with van der Waals surface area (Å²) in [6.45, 7) is 5.83. The Hall–Kier alpha value is -1.11. The second-order valence-corrected chi connectivity index (χ2v) is 2.46. The van der Waals surface area contributed by atoms with Crippen molar-refractivity contribution in [2.45, 2.75) is 19.8 Å². The topological polar surface area (TPSA) is 12.9 Å². The van der Waals surface area contributed by atoms with E-state index >= 15 is 0 Å². The van der Waals surface area contributed by atoms with Crippen LogP contribution in [0.25, 0.3) is 0 Å². The molecule has 0 spiro atoms. The molecule has 1 rings (SSSR count). The molecule has 0 saturated carbocycles. The predicted octanol–water partition coefficient (Wildman–Crippen LogP) is 2.37. The van der Waals surface area contributed by atoms with Crippen molar-refractivity contribution in [3.63, 3.8) is 0 Å². The number of nitrogens with zero attached hydrogens (tertiary/aromatic N) is 1. The second-order valence-electron chi connectivity index (χ2n) is 2.46. The molecule has 58 valence electrons. The highest BCUT2D eigenvalue weighted by Gasteiger charge is 1.96. The number of aromatic nitrogens is 1. The van der Waals surface area contributed by atoms with Crippen molar-refractivity contribution in [1.82, 2.24) is 4.98 Å². The molecule has 11 heavy (non-hydrogen) atoms. The zero-order chi connectivity index (χ0) is 8.10. The fourth-order valence-electron chi connectivity index (χ4n) is 1.11. The van der Waals surface area contributed by atoms with Crippen LogP contribution in [-0.4, -0.2) is 4.98 Å². The summed E-state index contributed by atoms with van der Waals surface area (Å²) in [5.74, 6) is 0.